The average molecular weight is 358 g/mol. The number of rotatable bonds is 4. The molecule has 4 rings (SSSR count). The predicted molar refractivity (Wildman–Crippen MR) is 104 cm³/mol. The molecule has 2 aromatic carbocycles. The highest BCUT2D eigenvalue weighted by Gasteiger charge is 2.17. The Morgan fingerprint density at radius 3 is 2.63 bits per heavy atom. The molecule has 134 valence electrons. The lowest BCUT2D eigenvalue weighted by atomic mass is 10.1. The number of aromatic hydroxyl groups is 1. The first-order valence-electron chi connectivity index (χ1n) is 8.49. The van der Waals surface area contributed by atoms with Crippen molar-refractivity contribution < 1.29 is 9.84 Å². The van der Waals surface area contributed by atoms with Crippen LogP contribution >= 0.6 is 0 Å². The Morgan fingerprint density at radius 1 is 1.00 bits per heavy atom. The first-order chi connectivity index (χ1) is 13.2. The zero-order chi connectivity index (χ0) is 18.8. The SMILES string of the molecule is COc1ccccc1-c1nc2ccccn2c1N=Nc1ccc(O)cc1C. The molecule has 0 saturated carbocycles. The summed E-state index contributed by atoms with van der Waals surface area (Å²) in [5.74, 6) is 1.54. The van der Waals surface area contributed by atoms with E-state index in [1.807, 2.05) is 60.0 Å². The van der Waals surface area contributed by atoms with Gasteiger partial charge in [0.2, 0.25) is 0 Å². The summed E-state index contributed by atoms with van der Waals surface area (Å²) < 4.78 is 7.39. The molecule has 0 bridgehead atoms. The number of para-hydroxylation sites is 1. The number of aromatic nitrogens is 2. The molecule has 0 aliphatic carbocycles. The van der Waals surface area contributed by atoms with E-state index in [0.29, 0.717) is 17.2 Å². The average Bonchev–Trinajstić information content (AvgIpc) is 3.06. The van der Waals surface area contributed by atoms with Crippen LogP contribution in [0.5, 0.6) is 11.5 Å². The standard InChI is InChI=1S/C21H18N4O2/c1-14-13-15(26)10-11-17(14)23-24-21-20(16-7-3-4-8-18(16)27-2)22-19-9-5-6-12-25(19)21/h3-13,26H,1-2H3. The van der Waals surface area contributed by atoms with Crippen LogP contribution in [-0.2, 0) is 0 Å². The molecule has 1 N–H and O–H groups in total. The minimum atomic E-state index is 0.205. The minimum Gasteiger partial charge on any atom is -0.508 e. The maximum Gasteiger partial charge on any atom is 0.187 e. The summed E-state index contributed by atoms with van der Waals surface area (Å²) in [6.45, 7) is 1.88. The van der Waals surface area contributed by atoms with Crippen molar-refractivity contribution in [3.8, 4) is 22.8 Å². The van der Waals surface area contributed by atoms with Gasteiger partial charge in [0.15, 0.2) is 5.82 Å². The number of nitrogens with zero attached hydrogens (tertiary/aromatic N) is 4. The fourth-order valence-electron chi connectivity index (χ4n) is 2.95. The molecule has 0 unspecified atom stereocenters. The van der Waals surface area contributed by atoms with E-state index in [2.05, 4.69) is 10.2 Å². The smallest absolute Gasteiger partial charge is 0.187 e. The first-order valence-corrected chi connectivity index (χ1v) is 8.49. The van der Waals surface area contributed by atoms with Gasteiger partial charge in [-0.2, -0.15) is 0 Å². The number of aryl methyl sites for hydroxylation is 1. The summed E-state index contributed by atoms with van der Waals surface area (Å²) >= 11 is 0. The van der Waals surface area contributed by atoms with Gasteiger partial charge in [0, 0.05) is 11.8 Å². The summed E-state index contributed by atoms with van der Waals surface area (Å²) in [4.78, 5) is 4.73. The Morgan fingerprint density at radius 2 is 1.81 bits per heavy atom. The molecule has 2 heterocycles. The maximum absolute atomic E-state index is 9.58. The van der Waals surface area contributed by atoms with Crippen molar-refractivity contribution >= 4 is 17.2 Å². The van der Waals surface area contributed by atoms with Gasteiger partial charge < -0.3 is 9.84 Å². The van der Waals surface area contributed by atoms with E-state index in [0.717, 1.165) is 22.5 Å². The van der Waals surface area contributed by atoms with E-state index in [4.69, 9.17) is 9.72 Å². The zero-order valence-corrected chi connectivity index (χ0v) is 15.0. The van der Waals surface area contributed by atoms with Gasteiger partial charge in [-0.3, -0.25) is 4.40 Å². The van der Waals surface area contributed by atoms with Crippen LogP contribution in [0, 0.1) is 6.92 Å². The number of azo groups is 1. The molecule has 6 nitrogen and oxygen atoms in total. The number of fused-ring (bicyclic) bond motifs is 1. The molecule has 0 atom stereocenters. The second kappa shape index (κ2) is 6.92. The van der Waals surface area contributed by atoms with E-state index in [-0.39, 0.29) is 5.75 Å². The maximum atomic E-state index is 9.58. The van der Waals surface area contributed by atoms with Crippen molar-refractivity contribution in [1.82, 2.24) is 9.38 Å². The number of ether oxygens (including phenoxy) is 1. The van der Waals surface area contributed by atoms with Gasteiger partial charge in [0.1, 0.15) is 22.8 Å². The van der Waals surface area contributed by atoms with Crippen LogP contribution in [0.3, 0.4) is 0 Å². The largest absolute Gasteiger partial charge is 0.508 e. The zero-order valence-electron chi connectivity index (χ0n) is 15.0. The van der Waals surface area contributed by atoms with Crippen molar-refractivity contribution in [2.45, 2.75) is 6.92 Å². The Kier molecular flexibility index (Phi) is 4.30. The highest BCUT2D eigenvalue weighted by Crippen LogP contribution is 2.37. The summed E-state index contributed by atoms with van der Waals surface area (Å²) in [7, 11) is 1.63. The number of methoxy groups -OCH3 is 1. The van der Waals surface area contributed by atoms with E-state index in [1.54, 1.807) is 25.3 Å². The molecule has 0 radical (unpaired) electrons. The lowest BCUT2D eigenvalue weighted by Crippen LogP contribution is -1.88. The molecule has 0 aliphatic heterocycles. The van der Waals surface area contributed by atoms with Crippen LogP contribution in [0.4, 0.5) is 11.5 Å². The van der Waals surface area contributed by atoms with Crippen LogP contribution in [-0.4, -0.2) is 21.6 Å². The fraction of sp³-hybridized carbons (Fsp3) is 0.0952. The van der Waals surface area contributed by atoms with Gasteiger partial charge in [-0.05, 0) is 55.0 Å². The summed E-state index contributed by atoms with van der Waals surface area (Å²) in [6, 6.07) is 18.5. The lowest BCUT2D eigenvalue weighted by Gasteiger charge is -2.06. The number of phenols is 1. The van der Waals surface area contributed by atoms with Gasteiger partial charge in [-0.25, -0.2) is 4.98 Å². The molecule has 27 heavy (non-hydrogen) atoms. The summed E-state index contributed by atoms with van der Waals surface area (Å²) in [5.41, 5.74) is 3.84. The highest BCUT2D eigenvalue weighted by molar-refractivity contribution is 5.78. The Hall–Kier alpha value is -3.67. The second-order valence-corrected chi connectivity index (χ2v) is 6.08. The summed E-state index contributed by atoms with van der Waals surface area (Å²) in [6.07, 6.45) is 1.90. The fourth-order valence-corrected chi connectivity index (χ4v) is 2.95. The number of imidazole rings is 1. The van der Waals surface area contributed by atoms with Crippen LogP contribution in [0.2, 0.25) is 0 Å². The van der Waals surface area contributed by atoms with E-state index < -0.39 is 0 Å². The number of hydrogen-bond acceptors (Lipinski definition) is 5. The molecule has 4 aromatic rings. The first kappa shape index (κ1) is 16.8. The van der Waals surface area contributed by atoms with E-state index >= 15 is 0 Å². The van der Waals surface area contributed by atoms with Gasteiger partial charge >= 0.3 is 0 Å². The topological polar surface area (TPSA) is 71.5 Å². The Balaban J connectivity index is 1.90. The highest BCUT2D eigenvalue weighted by atomic mass is 16.5. The molecular weight excluding hydrogens is 340 g/mol. The third kappa shape index (κ3) is 3.13. The molecule has 0 spiro atoms. The molecule has 6 heteroatoms. The van der Waals surface area contributed by atoms with E-state index in [9.17, 15) is 5.11 Å². The molecule has 0 fully saturated rings. The van der Waals surface area contributed by atoms with Gasteiger partial charge in [0.25, 0.3) is 0 Å². The van der Waals surface area contributed by atoms with Gasteiger partial charge in [-0.1, -0.05) is 18.2 Å². The number of benzene rings is 2. The third-order valence-electron chi connectivity index (χ3n) is 4.30. The Bertz CT molecular complexity index is 1150. The third-order valence-corrected chi connectivity index (χ3v) is 4.30. The molecule has 2 aromatic heterocycles. The normalized spacial score (nSPS) is 11.3. The molecule has 0 amide bonds. The van der Waals surface area contributed by atoms with Crippen molar-refractivity contribution in [3.05, 3.63) is 72.4 Å². The van der Waals surface area contributed by atoms with Crippen molar-refractivity contribution in [3.63, 3.8) is 0 Å². The van der Waals surface area contributed by atoms with Crippen LogP contribution in [0.15, 0.2) is 77.1 Å². The summed E-state index contributed by atoms with van der Waals surface area (Å²) in [5, 5.41) is 18.5. The quantitative estimate of drug-likeness (QED) is 0.494. The van der Waals surface area contributed by atoms with Gasteiger partial charge in [-0.15, -0.1) is 10.2 Å². The monoisotopic (exact) mass is 358 g/mol. The molecule has 0 saturated heterocycles. The lowest BCUT2D eigenvalue weighted by molar-refractivity contribution is 0.416. The number of hydrogen-bond donors (Lipinski definition) is 1. The number of pyridine rings is 1. The van der Waals surface area contributed by atoms with Crippen molar-refractivity contribution in [1.29, 1.82) is 0 Å². The van der Waals surface area contributed by atoms with Crippen LogP contribution in [0.1, 0.15) is 5.56 Å². The second-order valence-electron chi connectivity index (χ2n) is 6.08. The van der Waals surface area contributed by atoms with Crippen LogP contribution < -0.4 is 4.74 Å². The van der Waals surface area contributed by atoms with Gasteiger partial charge in [0.05, 0.1) is 12.8 Å². The molecule has 0 aliphatic rings. The minimum absolute atomic E-state index is 0.205. The van der Waals surface area contributed by atoms with Crippen molar-refractivity contribution in [2.24, 2.45) is 10.2 Å². The van der Waals surface area contributed by atoms with Crippen molar-refractivity contribution in [2.75, 3.05) is 7.11 Å². The molecular formula is C21H18N4O2. The predicted octanol–water partition coefficient (Wildman–Crippen LogP) is 5.44. The van der Waals surface area contributed by atoms with E-state index in [1.165, 1.54) is 0 Å². The van der Waals surface area contributed by atoms with Crippen LogP contribution in [0.25, 0.3) is 16.9 Å². The number of phenolic OH excluding ortho intramolecular Hbond substituents is 1. The Labute approximate surface area is 156 Å².